The van der Waals surface area contributed by atoms with Gasteiger partial charge in [-0.2, -0.15) is 0 Å². The maximum atomic E-state index is 11.0. The van der Waals surface area contributed by atoms with Gasteiger partial charge < -0.3 is 0 Å². The van der Waals surface area contributed by atoms with E-state index in [9.17, 15) is 8.42 Å². The van der Waals surface area contributed by atoms with E-state index in [4.69, 9.17) is 11.6 Å². The third-order valence-electron chi connectivity index (χ3n) is 2.64. The number of terminal acetylenes is 1. The highest BCUT2D eigenvalue weighted by atomic mass is 32.2. The molecule has 2 N–H and O–H groups in total. The third-order valence-corrected chi connectivity index (χ3v) is 3.57. The molecule has 78 valence electrons. The standard InChI is InChI=1S/C11H11NO2S/c1-2-8-7-11(8)9-3-5-10(6-4-9)15(12,13)14/h1,3-6,8,11H,7H2,(H2,12,13,14)/t8-,11-/m1/s1. The lowest BCUT2D eigenvalue weighted by atomic mass is 10.1. The molecule has 1 aliphatic rings. The number of primary sulfonamides is 1. The molecule has 1 fully saturated rings. The summed E-state index contributed by atoms with van der Waals surface area (Å²) in [6.07, 6.45) is 6.29. The largest absolute Gasteiger partial charge is 0.238 e. The van der Waals surface area contributed by atoms with Crippen molar-refractivity contribution in [3.63, 3.8) is 0 Å². The van der Waals surface area contributed by atoms with Crippen molar-refractivity contribution in [3.8, 4) is 12.3 Å². The summed E-state index contributed by atoms with van der Waals surface area (Å²) in [5, 5.41) is 4.99. The van der Waals surface area contributed by atoms with E-state index in [0.29, 0.717) is 11.8 Å². The van der Waals surface area contributed by atoms with Gasteiger partial charge in [-0.05, 0) is 30.0 Å². The Morgan fingerprint density at radius 3 is 2.33 bits per heavy atom. The molecule has 15 heavy (non-hydrogen) atoms. The quantitative estimate of drug-likeness (QED) is 0.759. The van der Waals surface area contributed by atoms with Crippen LogP contribution in [0.2, 0.25) is 0 Å². The number of hydrogen-bond acceptors (Lipinski definition) is 2. The van der Waals surface area contributed by atoms with Crippen molar-refractivity contribution < 1.29 is 8.42 Å². The van der Waals surface area contributed by atoms with Crippen LogP contribution >= 0.6 is 0 Å². The highest BCUT2D eigenvalue weighted by Crippen LogP contribution is 2.46. The first-order chi connectivity index (χ1) is 7.02. The predicted octanol–water partition coefficient (Wildman–Crippen LogP) is 1.07. The first-order valence-corrected chi connectivity index (χ1v) is 6.16. The molecule has 0 aliphatic heterocycles. The lowest BCUT2D eigenvalue weighted by Crippen LogP contribution is -2.11. The van der Waals surface area contributed by atoms with Gasteiger partial charge in [0, 0.05) is 5.92 Å². The lowest BCUT2D eigenvalue weighted by molar-refractivity contribution is 0.598. The van der Waals surface area contributed by atoms with Crippen LogP contribution in [0.25, 0.3) is 0 Å². The van der Waals surface area contributed by atoms with E-state index in [1.165, 1.54) is 12.1 Å². The van der Waals surface area contributed by atoms with Crippen LogP contribution in [0.15, 0.2) is 29.2 Å². The second kappa shape index (κ2) is 3.37. The van der Waals surface area contributed by atoms with Gasteiger partial charge >= 0.3 is 0 Å². The molecule has 3 nitrogen and oxygen atoms in total. The molecule has 0 radical (unpaired) electrons. The van der Waals surface area contributed by atoms with Crippen LogP contribution < -0.4 is 5.14 Å². The fourth-order valence-corrected chi connectivity index (χ4v) is 2.17. The maximum Gasteiger partial charge on any atom is 0.238 e. The Labute approximate surface area is 89.4 Å². The fourth-order valence-electron chi connectivity index (χ4n) is 1.65. The van der Waals surface area contributed by atoms with E-state index in [-0.39, 0.29) is 4.90 Å². The van der Waals surface area contributed by atoms with Gasteiger partial charge in [-0.1, -0.05) is 12.1 Å². The van der Waals surface area contributed by atoms with Crippen molar-refractivity contribution in [1.82, 2.24) is 0 Å². The highest BCUT2D eigenvalue weighted by molar-refractivity contribution is 7.89. The predicted molar refractivity (Wildman–Crippen MR) is 57.5 cm³/mol. The zero-order valence-electron chi connectivity index (χ0n) is 8.05. The van der Waals surface area contributed by atoms with E-state index in [1.807, 2.05) is 0 Å². The van der Waals surface area contributed by atoms with Crippen molar-refractivity contribution in [1.29, 1.82) is 0 Å². The summed E-state index contributed by atoms with van der Waals surface area (Å²) in [6.45, 7) is 0. The van der Waals surface area contributed by atoms with Crippen molar-refractivity contribution in [2.45, 2.75) is 17.2 Å². The monoisotopic (exact) mass is 221 g/mol. The van der Waals surface area contributed by atoms with Crippen LogP contribution in [0, 0.1) is 18.3 Å². The first-order valence-electron chi connectivity index (χ1n) is 4.61. The molecule has 0 saturated heterocycles. The number of benzene rings is 1. The van der Waals surface area contributed by atoms with Crippen LogP contribution in [-0.4, -0.2) is 8.42 Å². The zero-order chi connectivity index (χ0) is 11.1. The van der Waals surface area contributed by atoms with Gasteiger partial charge in [0.15, 0.2) is 0 Å². The molecule has 1 aliphatic carbocycles. The summed E-state index contributed by atoms with van der Waals surface area (Å²) < 4.78 is 22.0. The molecule has 0 amide bonds. The molecular formula is C11H11NO2S. The normalized spacial score (nSPS) is 24.5. The Hall–Kier alpha value is -1.31. The molecule has 2 atom stereocenters. The molecule has 2 rings (SSSR count). The lowest BCUT2D eigenvalue weighted by Gasteiger charge is -2.00. The summed E-state index contributed by atoms with van der Waals surface area (Å²) in [6, 6.07) is 6.61. The van der Waals surface area contributed by atoms with E-state index in [0.717, 1.165) is 12.0 Å². The molecule has 1 saturated carbocycles. The first kappa shape index (κ1) is 10.2. The van der Waals surface area contributed by atoms with Gasteiger partial charge in [0.05, 0.1) is 4.90 Å². The van der Waals surface area contributed by atoms with Crippen LogP contribution in [0.3, 0.4) is 0 Å². The number of rotatable bonds is 2. The van der Waals surface area contributed by atoms with Gasteiger partial charge in [0.1, 0.15) is 0 Å². The summed E-state index contributed by atoms with van der Waals surface area (Å²) in [5.41, 5.74) is 1.09. The molecule has 1 aromatic carbocycles. The smallest absolute Gasteiger partial charge is 0.225 e. The van der Waals surface area contributed by atoms with E-state index in [1.54, 1.807) is 12.1 Å². The molecule has 0 heterocycles. The van der Waals surface area contributed by atoms with Crippen LogP contribution in [0.1, 0.15) is 17.9 Å². The minimum atomic E-state index is -3.58. The summed E-state index contributed by atoms with van der Waals surface area (Å²) >= 11 is 0. The fraction of sp³-hybridized carbons (Fsp3) is 0.273. The Morgan fingerprint density at radius 2 is 1.93 bits per heavy atom. The van der Waals surface area contributed by atoms with Gasteiger partial charge in [-0.25, -0.2) is 13.6 Å². The number of sulfonamides is 1. The second-order valence-electron chi connectivity index (χ2n) is 3.73. The molecule has 0 aromatic heterocycles. The summed E-state index contributed by atoms with van der Waals surface area (Å²) in [5.74, 6) is 3.39. The molecule has 1 aromatic rings. The summed E-state index contributed by atoms with van der Waals surface area (Å²) in [7, 11) is -3.58. The Morgan fingerprint density at radius 1 is 1.33 bits per heavy atom. The molecule has 4 heteroatoms. The van der Waals surface area contributed by atoms with Gasteiger partial charge in [-0.3, -0.25) is 0 Å². The van der Waals surface area contributed by atoms with Crippen molar-refractivity contribution in [2.24, 2.45) is 11.1 Å². The average Bonchev–Trinajstić information content (AvgIpc) is 2.95. The van der Waals surface area contributed by atoms with Crippen molar-refractivity contribution in [2.75, 3.05) is 0 Å². The van der Waals surface area contributed by atoms with Crippen LogP contribution in [0.5, 0.6) is 0 Å². The molecular weight excluding hydrogens is 210 g/mol. The Kier molecular flexibility index (Phi) is 2.29. The SMILES string of the molecule is C#C[C@@H]1C[C@H]1c1ccc(S(N)(=O)=O)cc1. The topological polar surface area (TPSA) is 60.2 Å². The van der Waals surface area contributed by atoms with Crippen LogP contribution in [-0.2, 0) is 10.0 Å². The van der Waals surface area contributed by atoms with E-state index in [2.05, 4.69) is 5.92 Å². The minimum absolute atomic E-state index is 0.143. The number of nitrogens with two attached hydrogens (primary N) is 1. The van der Waals surface area contributed by atoms with Gasteiger partial charge in [-0.15, -0.1) is 12.3 Å². The Balaban J connectivity index is 2.24. The molecule has 0 unspecified atom stereocenters. The Bertz CT molecular complexity index is 511. The maximum absolute atomic E-state index is 11.0. The third kappa shape index (κ3) is 2.04. The van der Waals surface area contributed by atoms with Gasteiger partial charge in [0.2, 0.25) is 10.0 Å². The minimum Gasteiger partial charge on any atom is -0.225 e. The number of hydrogen-bond donors (Lipinski definition) is 1. The molecule has 0 bridgehead atoms. The van der Waals surface area contributed by atoms with Crippen LogP contribution in [0.4, 0.5) is 0 Å². The van der Waals surface area contributed by atoms with Crippen molar-refractivity contribution >= 4 is 10.0 Å². The molecule has 0 spiro atoms. The zero-order valence-corrected chi connectivity index (χ0v) is 8.87. The van der Waals surface area contributed by atoms with E-state index >= 15 is 0 Å². The second-order valence-corrected chi connectivity index (χ2v) is 5.29. The van der Waals surface area contributed by atoms with Crippen molar-refractivity contribution in [3.05, 3.63) is 29.8 Å². The summed E-state index contributed by atoms with van der Waals surface area (Å²) in [4.78, 5) is 0.143. The highest BCUT2D eigenvalue weighted by Gasteiger charge is 2.36. The average molecular weight is 221 g/mol. The van der Waals surface area contributed by atoms with E-state index < -0.39 is 10.0 Å². The van der Waals surface area contributed by atoms with Gasteiger partial charge in [0.25, 0.3) is 0 Å².